The maximum atomic E-state index is 13.9. The van der Waals surface area contributed by atoms with Gasteiger partial charge in [0.15, 0.2) is 0 Å². The van der Waals surface area contributed by atoms with Crippen molar-refractivity contribution < 1.29 is 23.9 Å². The lowest BCUT2D eigenvalue weighted by molar-refractivity contribution is -0.139. The van der Waals surface area contributed by atoms with Crippen molar-refractivity contribution in [3.8, 4) is 22.4 Å². The maximum Gasteiger partial charge on any atom is 0.407 e. The van der Waals surface area contributed by atoms with Gasteiger partial charge < -0.3 is 34.6 Å². The van der Waals surface area contributed by atoms with Gasteiger partial charge in [-0.05, 0) is 72.9 Å². The summed E-state index contributed by atoms with van der Waals surface area (Å²) in [7, 11) is 2.93. The Morgan fingerprint density at radius 3 is 2.09 bits per heavy atom. The third kappa shape index (κ3) is 7.45. The van der Waals surface area contributed by atoms with Gasteiger partial charge in [0.2, 0.25) is 11.8 Å². The minimum atomic E-state index is -0.716. The molecule has 0 saturated heterocycles. The number of carbonyl (C=O) groups is 3. The topological polar surface area (TPSA) is 146 Å². The van der Waals surface area contributed by atoms with Gasteiger partial charge >= 0.3 is 6.09 Å². The number of ether oxygens (including phenoxy) is 2. The van der Waals surface area contributed by atoms with Crippen LogP contribution in [-0.4, -0.2) is 87.1 Å². The average Bonchev–Trinajstić information content (AvgIpc) is 4.03. The lowest BCUT2D eigenvalue weighted by Crippen LogP contribution is -2.51. The van der Waals surface area contributed by atoms with E-state index in [1.165, 1.54) is 7.11 Å². The van der Waals surface area contributed by atoms with Crippen LogP contribution in [0.1, 0.15) is 71.7 Å². The summed E-state index contributed by atoms with van der Waals surface area (Å²) >= 11 is 0. The van der Waals surface area contributed by atoms with Gasteiger partial charge in [0.1, 0.15) is 29.8 Å². The fourth-order valence-corrected chi connectivity index (χ4v) is 7.73. The number of nitrogens with one attached hydrogen (secondary N) is 3. The number of alkyl carbamates (subject to hydrolysis) is 1. The fourth-order valence-electron chi connectivity index (χ4n) is 7.73. The van der Waals surface area contributed by atoms with Crippen LogP contribution in [0.25, 0.3) is 44.2 Å². The highest BCUT2D eigenvalue weighted by atomic mass is 16.5. The summed E-state index contributed by atoms with van der Waals surface area (Å²) in [4.78, 5) is 59.7. The third-order valence-electron chi connectivity index (χ3n) is 11.5. The smallest absolute Gasteiger partial charge is 0.407 e. The van der Waals surface area contributed by atoms with Crippen LogP contribution in [0.3, 0.4) is 0 Å². The van der Waals surface area contributed by atoms with Gasteiger partial charge in [0.25, 0.3) is 0 Å². The highest BCUT2D eigenvalue weighted by Crippen LogP contribution is 2.35. The first-order valence-electron chi connectivity index (χ1n) is 19.3. The number of hydrogen-bond acceptors (Lipinski definition) is 7. The lowest BCUT2D eigenvalue weighted by atomic mass is 9.97. The predicted octanol–water partition coefficient (Wildman–Crippen LogP) is 7.87. The maximum absolute atomic E-state index is 13.9. The van der Waals surface area contributed by atoms with Crippen LogP contribution < -0.4 is 5.32 Å². The van der Waals surface area contributed by atoms with E-state index in [0.717, 1.165) is 67.6 Å². The Balaban J connectivity index is 1.10. The Bertz CT molecular complexity index is 2360. The number of imidazole rings is 2. The molecule has 0 unspecified atom stereocenters. The van der Waals surface area contributed by atoms with Crippen molar-refractivity contribution in [2.45, 2.75) is 72.2 Å². The van der Waals surface area contributed by atoms with E-state index in [2.05, 4.69) is 76.0 Å². The average molecular weight is 758 g/mol. The molecule has 3 N–H and O–H groups in total. The molecule has 0 saturated carbocycles. The minimum absolute atomic E-state index is 0.0465. The van der Waals surface area contributed by atoms with Gasteiger partial charge in [-0.2, -0.15) is 0 Å². The Morgan fingerprint density at radius 1 is 0.821 bits per heavy atom. The van der Waals surface area contributed by atoms with Crippen LogP contribution >= 0.6 is 0 Å². The fraction of sp³-hybridized carbons (Fsp3) is 0.386. The molecule has 4 heterocycles. The molecule has 7 rings (SSSR count). The first-order chi connectivity index (χ1) is 26.9. The third-order valence-corrected chi connectivity index (χ3v) is 11.5. The number of amides is 3. The van der Waals surface area contributed by atoms with Crippen LogP contribution in [0.5, 0.6) is 0 Å². The zero-order valence-corrected chi connectivity index (χ0v) is 33.3. The number of H-pyrrole nitrogens is 2. The molecule has 0 radical (unpaired) electrons. The summed E-state index contributed by atoms with van der Waals surface area (Å²) in [6, 6.07) is 17.6. The molecular weight excluding hydrogens is 707 g/mol. The van der Waals surface area contributed by atoms with E-state index in [1.807, 2.05) is 58.7 Å². The lowest BCUT2D eigenvalue weighted by Gasteiger charge is -2.31. The Morgan fingerprint density at radius 2 is 1.43 bits per heavy atom. The molecule has 6 atom stereocenters. The van der Waals surface area contributed by atoms with Crippen LogP contribution in [0.4, 0.5) is 4.79 Å². The summed E-state index contributed by atoms with van der Waals surface area (Å²) in [6.07, 6.45) is 5.90. The minimum Gasteiger partial charge on any atom is -0.453 e. The number of aromatic nitrogens is 4. The first kappa shape index (κ1) is 38.5. The highest BCUT2D eigenvalue weighted by Gasteiger charge is 2.38. The number of methoxy groups -OCH3 is 2. The van der Waals surface area contributed by atoms with Crippen molar-refractivity contribution in [2.75, 3.05) is 27.3 Å². The number of rotatable bonds is 11. The summed E-state index contributed by atoms with van der Waals surface area (Å²) in [5.41, 5.74) is 7.86. The number of aromatic amines is 2. The largest absolute Gasteiger partial charge is 0.453 e. The monoisotopic (exact) mass is 757 g/mol. The van der Waals surface area contributed by atoms with Gasteiger partial charge in [-0.15, -0.1) is 0 Å². The summed E-state index contributed by atoms with van der Waals surface area (Å²) in [5.74, 6) is 0.934. The quantitative estimate of drug-likeness (QED) is 0.116. The zero-order valence-electron chi connectivity index (χ0n) is 33.3. The van der Waals surface area contributed by atoms with Crippen molar-refractivity contribution in [3.05, 3.63) is 95.7 Å². The summed E-state index contributed by atoms with van der Waals surface area (Å²) in [5, 5.41) is 4.94. The molecule has 0 aliphatic carbocycles. The van der Waals surface area contributed by atoms with Crippen molar-refractivity contribution >= 4 is 39.7 Å². The zero-order chi connectivity index (χ0) is 39.8. The molecule has 0 spiro atoms. The second-order valence-corrected chi connectivity index (χ2v) is 15.4. The van der Waals surface area contributed by atoms with Crippen molar-refractivity contribution in [3.63, 3.8) is 0 Å². The van der Waals surface area contributed by atoms with Gasteiger partial charge in [0, 0.05) is 25.8 Å². The van der Waals surface area contributed by atoms with Crippen molar-refractivity contribution in [2.24, 2.45) is 11.8 Å². The van der Waals surface area contributed by atoms with Crippen molar-refractivity contribution in [1.29, 1.82) is 0 Å². The van der Waals surface area contributed by atoms with Crippen LogP contribution in [0, 0.1) is 11.8 Å². The summed E-state index contributed by atoms with van der Waals surface area (Å²) < 4.78 is 10.3. The van der Waals surface area contributed by atoms with Gasteiger partial charge in [-0.1, -0.05) is 80.8 Å². The molecule has 292 valence electrons. The molecule has 5 aromatic rings. The number of benzene rings is 3. The molecule has 2 aliphatic rings. The molecule has 0 bridgehead atoms. The molecule has 3 amide bonds. The Hall–Kier alpha value is -5.75. The molecule has 2 aromatic heterocycles. The predicted molar refractivity (Wildman–Crippen MR) is 217 cm³/mol. The molecule has 12 heteroatoms. The van der Waals surface area contributed by atoms with Gasteiger partial charge in [0.05, 0.1) is 42.1 Å². The number of hydrogen-bond donors (Lipinski definition) is 3. The second-order valence-electron chi connectivity index (χ2n) is 15.4. The number of fused-ring (bicyclic) bond motifs is 2. The van der Waals surface area contributed by atoms with Gasteiger partial charge in [-0.25, -0.2) is 14.8 Å². The standard InChI is InChI=1S/C44H51N7O5/c1-9-26(4)39(49-44(54)56-8)43(53)51-23-25(3)17-38(51)41-46-34-15-14-32(20-35(34)47-41)30-10-11-31-19-33(13-12-29(31)18-30)36-21-45-40(48-36)37-16-24(2)22-50(37)42(52)27(5)28(6)55-7/h10-21,26-28,37-39H,9,22-23H2,1-8H3,(H,45,48)(H,46,47)(H,49,54)/t26-,27-,28+,37-,38-,39-/m0/s1. The SMILES string of the molecule is CC[C@H](C)[C@H](NC(=O)OC)C(=O)N1CC(C)=C[C@H]1c1nc2ccc(-c3ccc4cc(-c5cnc([C@@H]6C=C(C)CN6C(=O)[C@@H](C)[C@@H](C)OC)[nH]5)ccc4c3)cc2[nH]1. The van der Waals surface area contributed by atoms with Crippen LogP contribution in [-0.2, 0) is 19.1 Å². The molecule has 12 nitrogen and oxygen atoms in total. The van der Waals surface area contributed by atoms with E-state index in [0.29, 0.717) is 18.9 Å². The number of carbonyl (C=O) groups excluding carboxylic acids is 3. The van der Waals surface area contributed by atoms with Gasteiger partial charge in [-0.3, -0.25) is 9.59 Å². The van der Waals surface area contributed by atoms with Crippen LogP contribution in [0.15, 0.2) is 84.1 Å². The number of nitrogens with zero attached hydrogens (tertiary/aromatic N) is 4. The van der Waals surface area contributed by atoms with Crippen LogP contribution in [0.2, 0.25) is 0 Å². The molecule has 3 aromatic carbocycles. The second kappa shape index (κ2) is 15.8. The van der Waals surface area contributed by atoms with E-state index < -0.39 is 18.2 Å². The normalized spacial score (nSPS) is 19.1. The highest BCUT2D eigenvalue weighted by molar-refractivity contribution is 5.92. The van der Waals surface area contributed by atoms with E-state index >= 15 is 0 Å². The molecular formula is C44H51N7O5. The van der Waals surface area contributed by atoms with E-state index in [9.17, 15) is 14.4 Å². The summed E-state index contributed by atoms with van der Waals surface area (Å²) in [6.45, 7) is 12.8. The van der Waals surface area contributed by atoms with E-state index in [1.54, 1.807) is 12.0 Å². The molecule has 0 fully saturated rings. The molecule has 56 heavy (non-hydrogen) atoms. The first-order valence-corrected chi connectivity index (χ1v) is 19.3. The Labute approximate surface area is 327 Å². The van der Waals surface area contributed by atoms with Crippen molar-refractivity contribution in [1.82, 2.24) is 35.1 Å². The van der Waals surface area contributed by atoms with E-state index in [4.69, 9.17) is 19.4 Å². The Kier molecular flexibility index (Phi) is 10.9. The van der Waals surface area contributed by atoms with E-state index in [-0.39, 0.29) is 35.8 Å². The molecule has 2 aliphatic heterocycles.